The van der Waals surface area contributed by atoms with Gasteiger partial charge in [-0.15, -0.1) is 0 Å². The van der Waals surface area contributed by atoms with Gasteiger partial charge in [-0.2, -0.15) is 0 Å². The molecule has 0 aliphatic heterocycles. The van der Waals surface area contributed by atoms with E-state index in [0.29, 0.717) is 5.69 Å². The number of carbonyl (C=O) groups excluding carboxylic acids is 3. The molecule has 0 saturated carbocycles. The zero-order chi connectivity index (χ0) is 14.4. The minimum atomic E-state index is -0.965. The van der Waals surface area contributed by atoms with Crippen LogP contribution in [0.4, 0.5) is 5.69 Å². The summed E-state index contributed by atoms with van der Waals surface area (Å²) >= 11 is 0. The smallest absolute Gasteiger partial charge is 0.346 e. The van der Waals surface area contributed by atoms with Crippen molar-refractivity contribution in [2.24, 2.45) is 0 Å². The van der Waals surface area contributed by atoms with E-state index in [2.05, 4.69) is 10.1 Å². The third-order valence-corrected chi connectivity index (χ3v) is 2.26. The number of esters is 2. The first-order chi connectivity index (χ1) is 8.93. The molecular formula is C13H15NO5. The van der Waals surface area contributed by atoms with E-state index in [1.54, 1.807) is 12.1 Å². The highest BCUT2D eigenvalue weighted by molar-refractivity contribution is 5.93. The van der Waals surface area contributed by atoms with Crippen LogP contribution in [0.3, 0.4) is 0 Å². The molecule has 19 heavy (non-hydrogen) atoms. The van der Waals surface area contributed by atoms with Crippen molar-refractivity contribution >= 4 is 23.5 Å². The van der Waals surface area contributed by atoms with Gasteiger partial charge in [0, 0.05) is 12.6 Å². The van der Waals surface area contributed by atoms with Gasteiger partial charge in [0.15, 0.2) is 6.10 Å². The summed E-state index contributed by atoms with van der Waals surface area (Å²) in [4.78, 5) is 33.6. The number of benzene rings is 1. The van der Waals surface area contributed by atoms with Crippen LogP contribution in [0, 0.1) is 0 Å². The Bertz CT molecular complexity index is 480. The average Bonchev–Trinajstić information content (AvgIpc) is 2.37. The summed E-state index contributed by atoms with van der Waals surface area (Å²) in [6.45, 7) is 2.82. The van der Waals surface area contributed by atoms with Crippen LogP contribution >= 0.6 is 0 Å². The van der Waals surface area contributed by atoms with Crippen molar-refractivity contribution in [3.8, 4) is 0 Å². The van der Waals surface area contributed by atoms with Crippen LogP contribution in [0.15, 0.2) is 24.3 Å². The molecular weight excluding hydrogens is 250 g/mol. The Morgan fingerprint density at radius 2 is 1.74 bits per heavy atom. The highest BCUT2D eigenvalue weighted by atomic mass is 16.6. The second-order valence-corrected chi connectivity index (χ2v) is 3.83. The molecule has 6 heteroatoms. The molecule has 0 radical (unpaired) electrons. The second-order valence-electron chi connectivity index (χ2n) is 3.83. The fraction of sp³-hybridized carbons (Fsp3) is 0.308. The molecule has 6 nitrogen and oxygen atoms in total. The molecule has 1 rings (SSSR count). The first-order valence-electron chi connectivity index (χ1n) is 5.60. The van der Waals surface area contributed by atoms with Crippen LogP contribution < -0.4 is 5.32 Å². The molecule has 1 aromatic carbocycles. The van der Waals surface area contributed by atoms with Crippen LogP contribution in [0.1, 0.15) is 24.2 Å². The third-order valence-electron chi connectivity index (χ3n) is 2.26. The summed E-state index contributed by atoms with van der Waals surface area (Å²) in [6, 6.07) is 6.14. The zero-order valence-electron chi connectivity index (χ0n) is 10.9. The number of ether oxygens (including phenoxy) is 2. The summed E-state index contributed by atoms with van der Waals surface area (Å²) in [6.07, 6.45) is -0.965. The molecule has 0 saturated heterocycles. The standard InChI is InChI=1S/C13H15NO5/c1-8(12(16)18-3)19-13(17)10-4-6-11(7-5-10)14-9(2)15/h4-8H,1-3H3,(H,14,15). The molecule has 1 amide bonds. The number of amides is 1. The lowest BCUT2D eigenvalue weighted by atomic mass is 10.2. The lowest BCUT2D eigenvalue weighted by Gasteiger charge is -2.11. The Morgan fingerprint density at radius 1 is 1.16 bits per heavy atom. The lowest BCUT2D eigenvalue weighted by molar-refractivity contribution is -0.149. The van der Waals surface area contributed by atoms with E-state index in [1.807, 2.05) is 0 Å². The molecule has 0 aliphatic rings. The summed E-state index contributed by atoms with van der Waals surface area (Å²) in [5.74, 6) is -1.45. The Kier molecular flexibility index (Phi) is 5.05. The van der Waals surface area contributed by atoms with Gasteiger partial charge < -0.3 is 14.8 Å². The summed E-state index contributed by atoms with van der Waals surface area (Å²) < 4.78 is 9.36. The molecule has 0 spiro atoms. The Labute approximate surface area is 110 Å². The quantitative estimate of drug-likeness (QED) is 0.831. The van der Waals surface area contributed by atoms with Crippen molar-refractivity contribution in [3.05, 3.63) is 29.8 Å². The SMILES string of the molecule is COC(=O)C(C)OC(=O)c1ccc(NC(C)=O)cc1. The van der Waals surface area contributed by atoms with E-state index < -0.39 is 18.0 Å². The highest BCUT2D eigenvalue weighted by Gasteiger charge is 2.19. The fourth-order valence-electron chi connectivity index (χ4n) is 1.34. The summed E-state index contributed by atoms with van der Waals surface area (Å²) in [7, 11) is 1.22. The monoisotopic (exact) mass is 265 g/mol. The average molecular weight is 265 g/mol. The second kappa shape index (κ2) is 6.53. The van der Waals surface area contributed by atoms with Crippen LogP contribution in [0.25, 0.3) is 0 Å². The summed E-state index contributed by atoms with van der Waals surface area (Å²) in [5, 5.41) is 2.57. The van der Waals surface area contributed by atoms with E-state index in [9.17, 15) is 14.4 Å². The first-order valence-corrected chi connectivity index (χ1v) is 5.60. The number of hydrogen-bond acceptors (Lipinski definition) is 5. The topological polar surface area (TPSA) is 81.7 Å². The van der Waals surface area contributed by atoms with Gasteiger partial charge in [0.05, 0.1) is 12.7 Å². The maximum atomic E-state index is 11.7. The van der Waals surface area contributed by atoms with Crippen molar-refractivity contribution in [2.75, 3.05) is 12.4 Å². The largest absolute Gasteiger partial charge is 0.466 e. The molecule has 0 aromatic heterocycles. The minimum absolute atomic E-state index is 0.199. The van der Waals surface area contributed by atoms with E-state index >= 15 is 0 Å². The molecule has 0 aliphatic carbocycles. The van der Waals surface area contributed by atoms with Crippen molar-refractivity contribution in [1.82, 2.24) is 0 Å². The van der Waals surface area contributed by atoms with Gasteiger partial charge in [0.2, 0.25) is 5.91 Å². The number of nitrogens with one attached hydrogen (secondary N) is 1. The van der Waals surface area contributed by atoms with Crippen LogP contribution in [0.5, 0.6) is 0 Å². The fourth-order valence-corrected chi connectivity index (χ4v) is 1.34. The Balaban J connectivity index is 2.67. The van der Waals surface area contributed by atoms with Crippen molar-refractivity contribution in [2.45, 2.75) is 20.0 Å². The van der Waals surface area contributed by atoms with E-state index in [0.717, 1.165) is 0 Å². The number of hydrogen-bond donors (Lipinski definition) is 1. The Hall–Kier alpha value is -2.37. The van der Waals surface area contributed by atoms with Gasteiger partial charge >= 0.3 is 11.9 Å². The molecule has 102 valence electrons. The van der Waals surface area contributed by atoms with E-state index in [-0.39, 0.29) is 11.5 Å². The minimum Gasteiger partial charge on any atom is -0.466 e. The Morgan fingerprint density at radius 3 is 2.21 bits per heavy atom. The zero-order valence-corrected chi connectivity index (χ0v) is 10.9. The molecule has 1 N–H and O–H groups in total. The molecule has 0 bridgehead atoms. The third kappa shape index (κ3) is 4.42. The molecule has 1 unspecified atom stereocenters. The van der Waals surface area contributed by atoms with E-state index in [4.69, 9.17) is 4.74 Å². The van der Waals surface area contributed by atoms with Gasteiger partial charge in [0.1, 0.15) is 0 Å². The van der Waals surface area contributed by atoms with Crippen molar-refractivity contribution < 1.29 is 23.9 Å². The van der Waals surface area contributed by atoms with Crippen molar-refractivity contribution in [1.29, 1.82) is 0 Å². The van der Waals surface area contributed by atoms with E-state index in [1.165, 1.54) is 33.1 Å². The predicted octanol–water partition coefficient (Wildman–Crippen LogP) is 1.36. The molecule has 1 atom stereocenters. The van der Waals surface area contributed by atoms with Gasteiger partial charge in [-0.25, -0.2) is 9.59 Å². The van der Waals surface area contributed by atoms with Gasteiger partial charge in [-0.3, -0.25) is 4.79 Å². The van der Waals surface area contributed by atoms with Gasteiger partial charge in [-0.05, 0) is 31.2 Å². The first kappa shape index (κ1) is 14.7. The van der Waals surface area contributed by atoms with Crippen molar-refractivity contribution in [3.63, 3.8) is 0 Å². The maximum absolute atomic E-state index is 11.7. The van der Waals surface area contributed by atoms with Crippen LogP contribution in [-0.4, -0.2) is 31.1 Å². The number of rotatable bonds is 4. The maximum Gasteiger partial charge on any atom is 0.346 e. The van der Waals surface area contributed by atoms with Crippen LogP contribution in [-0.2, 0) is 19.1 Å². The number of methoxy groups -OCH3 is 1. The van der Waals surface area contributed by atoms with Crippen LogP contribution in [0.2, 0.25) is 0 Å². The normalized spacial score (nSPS) is 11.3. The number of carbonyl (C=O) groups is 3. The molecule has 0 fully saturated rings. The van der Waals surface area contributed by atoms with Gasteiger partial charge in [-0.1, -0.05) is 0 Å². The molecule has 0 heterocycles. The predicted molar refractivity (Wildman–Crippen MR) is 67.6 cm³/mol. The van der Waals surface area contributed by atoms with Gasteiger partial charge in [0.25, 0.3) is 0 Å². The highest BCUT2D eigenvalue weighted by Crippen LogP contribution is 2.11. The summed E-state index contributed by atoms with van der Waals surface area (Å²) in [5.41, 5.74) is 0.856. The molecule has 1 aromatic rings. The number of anilines is 1. The lowest BCUT2D eigenvalue weighted by Crippen LogP contribution is -2.25.